The summed E-state index contributed by atoms with van der Waals surface area (Å²) in [6.07, 6.45) is 1.55. The molecular formula is C16H26N2O2. The zero-order valence-electron chi connectivity index (χ0n) is 12.5. The average Bonchev–Trinajstić information content (AvgIpc) is 2.40. The summed E-state index contributed by atoms with van der Waals surface area (Å²) >= 11 is 0. The summed E-state index contributed by atoms with van der Waals surface area (Å²) in [7, 11) is 0. The molecule has 20 heavy (non-hydrogen) atoms. The number of benzene rings is 1. The fraction of sp³-hybridized carbons (Fsp3) is 0.625. The number of hydrogen-bond acceptors (Lipinski definition) is 4. The standard InChI is InChI=1S/C16H26N2O2/c1-13-11-18(12-14(2)20-13)9-10-19-16-5-3-15(4-6-16)7-8-17/h3-6,13-14H,7-12,17H2,1-2H3/t13-,14-/m0/s1. The van der Waals surface area contributed by atoms with Crippen molar-refractivity contribution >= 4 is 0 Å². The first-order valence-corrected chi connectivity index (χ1v) is 7.47. The second kappa shape index (κ2) is 7.62. The molecule has 1 aromatic rings. The quantitative estimate of drug-likeness (QED) is 0.860. The lowest BCUT2D eigenvalue weighted by Gasteiger charge is -2.35. The van der Waals surface area contributed by atoms with Crippen molar-refractivity contribution in [2.24, 2.45) is 5.73 Å². The molecule has 0 amide bonds. The monoisotopic (exact) mass is 278 g/mol. The van der Waals surface area contributed by atoms with Crippen LogP contribution in [0.2, 0.25) is 0 Å². The molecule has 1 fully saturated rings. The molecule has 0 spiro atoms. The third-order valence-corrected chi connectivity index (χ3v) is 3.53. The van der Waals surface area contributed by atoms with Gasteiger partial charge in [-0.2, -0.15) is 0 Å². The molecule has 1 saturated heterocycles. The topological polar surface area (TPSA) is 47.7 Å². The first kappa shape index (κ1) is 15.3. The predicted molar refractivity (Wildman–Crippen MR) is 81.1 cm³/mol. The smallest absolute Gasteiger partial charge is 0.119 e. The number of nitrogens with zero attached hydrogens (tertiary/aromatic N) is 1. The van der Waals surface area contributed by atoms with Crippen molar-refractivity contribution in [2.45, 2.75) is 32.5 Å². The molecule has 2 atom stereocenters. The van der Waals surface area contributed by atoms with Gasteiger partial charge in [0.05, 0.1) is 12.2 Å². The second-order valence-corrected chi connectivity index (χ2v) is 5.55. The normalized spacial score (nSPS) is 23.8. The van der Waals surface area contributed by atoms with Crippen LogP contribution < -0.4 is 10.5 Å². The molecule has 0 aliphatic carbocycles. The van der Waals surface area contributed by atoms with Gasteiger partial charge in [0.2, 0.25) is 0 Å². The van der Waals surface area contributed by atoms with Crippen LogP contribution in [0.15, 0.2) is 24.3 Å². The summed E-state index contributed by atoms with van der Waals surface area (Å²) in [4.78, 5) is 2.40. The first-order valence-electron chi connectivity index (χ1n) is 7.47. The second-order valence-electron chi connectivity index (χ2n) is 5.55. The summed E-state index contributed by atoms with van der Waals surface area (Å²) in [5.74, 6) is 0.931. The van der Waals surface area contributed by atoms with Gasteiger partial charge in [-0.3, -0.25) is 4.90 Å². The van der Waals surface area contributed by atoms with E-state index < -0.39 is 0 Å². The van der Waals surface area contributed by atoms with Gasteiger partial charge in [0, 0.05) is 19.6 Å². The van der Waals surface area contributed by atoms with Gasteiger partial charge in [0.1, 0.15) is 12.4 Å². The molecule has 2 N–H and O–H groups in total. The van der Waals surface area contributed by atoms with E-state index in [0.29, 0.717) is 18.8 Å². The lowest BCUT2D eigenvalue weighted by molar-refractivity contribution is -0.0699. The van der Waals surface area contributed by atoms with E-state index in [2.05, 4.69) is 30.9 Å². The van der Waals surface area contributed by atoms with Gasteiger partial charge >= 0.3 is 0 Å². The zero-order chi connectivity index (χ0) is 14.4. The predicted octanol–water partition coefficient (Wildman–Crippen LogP) is 1.68. The fourth-order valence-corrected chi connectivity index (χ4v) is 2.68. The van der Waals surface area contributed by atoms with Crippen molar-refractivity contribution in [1.29, 1.82) is 0 Å². The van der Waals surface area contributed by atoms with Gasteiger partial charge < -0.3 is 15.2 Å². The Hall–Kier alpha value is -1.10. The van der Waals surface area contributed by atoms with Gasteiger partial charge in [-0.1, -0.05) is 12.1 Å². The minimum absolute atomic E-state index is 0.314. The Labute approximate surface area is 121 Å². The average molecular weight is 278 g/mol. The largest absolute Gasteiger partial charge is 0.492 e. The number of morpholine rings is 1. The third-order valence-electron chi connectivity index (χ3n) is 3.53. The van der Waals surface area contributed by atoms with E-state index in [0.717, 1.165) is 38.4 Å². The Bertz CT molecular complexity index is 384. The molecule has 1 aromatic carbocycles. The fourth-order valence-electron chi connectivity index (χ4n) is 2.68. The molecule has 0 bridgehead atoms. The van der Waals surface area contributed by atoms with Crippen molar-refractivity contribution in [3.8, 4) is 5.75 Å². The Morgan fingerprint density at radius 1 is 1.20 bits per heavy atom. The maximum Gasteiger partial charge on any atom is 0.119 e. The molecule has 0 aromatic heterocycles. The van der Waals surface area contributed by atoms with Crippen LogP contribution in [0.5, 0.6) is 5.75 Å². The molecular weight excluding hydrogens is 252 g/mol. The van der Waals surface area contributed by atoms with E-state index >= 15 is 0 Å². The van der Waals surface area contributed by atoms with Gasteiger partial charge in [0.25, 0.3) is 0 Å². The van der Waals surface area contributed by atoms with Crippen LogP contribution in [-0.2, 0) is 11.2 Å². The molecule has 1 heterocycles. The maximum absolute atomic E-state index is 5.80. The van der Waals surface area contributed by atoms with Gasteiger partial charge in [-0.15, -0.1) is 0 Å². The SMILES string of the molecule is C[C@H]1CN(CCOc2ccc(CCN)cc2)C[C@H](C)O1. The molecule has 1 aliphatic rings. The minimum Gasteiger partial charge on any atom is -0.492 e. The lowest BCUT2D eigenvalue weighted by atomic mass is 10.1. The van der Waals surface area contributed by atoms with Gasteiger partial charge in [0.15, 0.2) is 0 Å². The maximum atomic E-state index is 5.80. The van der Waals surface area contributed by atoms with Crippen molar-refractivity contribution in [1.82, 2.24) is 4.90 Å². The van der Waals surface area contributed by atoms with Crippen LogP contribution in [0.4, 0.5) is 0 Å². The van der Waals surface area contributed by atoms with E-state index in [9.17, 15) is 0 Å². The lowest BCUT2D eigenvalue weighted by Crippen LogP contribution is -2.46. The molecule has 0 unspecified atom stereocenters. The molecule has 4 nitrogen and oxygen atoms in total. The van der Waals surface area contributed by atoms with Crippen LogP contribution in [0.3, 0.4) is 0 Å². The number of rotatable bonds is 6. The molecule has 2 rings (SSSR count). The molecule has 1 aliphatic heterocycles. The van der Waals surface area contributed by atoms with Gasteiger partial charge in [-0.05, 0) is 44.5 Å². The first-order chi connectivity index (χ1) is 9.67. The van der Waals surface area contributed by atoms with Crippen LogP contribution in [-0.4, -0.2) is 49.9 Å². The van der Waals surface area contributed by atoms with Crippen LogP contribution in [0.1, 0.15) is 19.4 Å². The van der Waals surface area contributed by atoms with Crippen molar-refractivity contribution in [3.63, 3.8) is 0 Å². The van der Waals surface area contributed by atoms with Crippen molar-refractivity contribution in [3.05, 3.63) is 29.8 Å². The third kappa shape index (κ3) is 4.78. The number of ether oxygens (including phenoxy) is 2. The Kier molecular flexibility index (Phi) is 5.83. The van der Waals surface area contributed by atoms with Crippen molar-refractivity contribution in [2.75, 3.05) is 32.8 Å². The zero-order valence-corrected chi connectivity index (χ0v) is 12.5. The number of nitrogens with two attached hydrogens (primary N) is 1. The summed E-state index contributed by atoms with van der Waals surface area (Å²) in [5, 5.41) is 0. The number of hydrogen-bond donors (Lipinski definition) is 1. The van der Waals surface area contributed by atoms with E-state index in [1.165, 1.54) is 5.56 Å². The van der Waals surface area contributed by atoms with E-state index in [-0.39, 0.29) is 0 Å². The summed E-state index contributed by atoms with van der Waals surface area (Å²) in [6, 6.07) is 8.22. The van der Waals surface area contributed by atoms with E-state index in [1.54, 1.807) is 0 Å². The Balaban J connectivity index is 1.72. The minimum atomic E-state index is 0.314. The Morgan fingerprint density at radius 3 is 2.45 bits per heavy atom. The van der Waals surface area contributed by atoms with Crippen LogP contribution in [0, 0.1) is 0 Å². The Morgan fingerprint density at radius 2 is 1.85 bits per heavy atom. The highest BCUT2D eigenvalue weighted by molar-refractivity contribution is 5.27. The van der Waals surface area contributed by atoms with Crippen LogP contribution in [0.25, 0.3) is 0 Å². The molecule has 112 valence electrons. The molecule has 0 saturated carbocycles. The highest BCUT2D eigenvalue weighted by Crippen LogP contribution is 2.13. The molecule has 0 radical (unpaired) electrons. The summed E-state index contributed by atoms with van der Waals surface area (Å²) in [6.45, 7) is 8.58. The summed E-state index contributed by atoms with van der Waals surface area (Å²) in [5.41, 5.74) is 6.80. The summed E-state index contributed by atoms with van der Waals surface area (Å²) < 4.78 is 11.5. The highest BCUT2D eigenvalue weighted by atomic mass is 16.5. The highest BCUT2D eigenvalue weighted by Gasteiger charge is 2.21. The van der Waals surface area contributed by atoms with Crippen LogP contribution >= 0.6 is 0 Å². The van der Waals surface area contributed by atoms with Gasteiger partial charge in [-0.25, -0.2) is 0 Å². The van der Waals surface area contributed by atoms with E-state index in [1.807, 2.05) is 12.1 Å². The molecule has 4 heteroatoms. The van der Waals surface area contributed by atoms with E-state index in [4.69, 9.17) is 15.2 Å². The van der Waals surface area contributed by atoms with Crippen molar-refractivity contribution < 1.29 is 9.47 Å².